The predicted octanol–water partition coefficient (Wildman–Crippen LogP) is 15.2. The van der Waals surface area contributed by atoms with Crippen LogP contribution in [0, 0.1) is 0 Å². The molecule has 2 nitrogen and oxygen atoms in total. The molecule has 0 aliphatic heterocycles. The van der Waals surface area contributed by atoms with Gasteiger partial charge >= 0.3 is 0 Å². The first-order valence-corrected chi connectivity index (χ1v) is 19.8. The number of thiophene rings is 1. The Kier molecular flexibility index (Phi) is 7.53. The van der Waals surface area contributed by atoms with Crippen LogP contribution in [0.1, 0.15) is 17.9 Å². The Labute approximate surface area is 323 Å². The molecule has 10 aromatic rings. The SMILES string of the molecule is C1=CC(c2cccc3c2sc2ccccc23)CC=C1N(c1cccc(-c2ccccc2)c1)c1cccc2c1oc1c(-c3ccccc3)cc3ccccc3c12. The molecule has 8 aromatic carbocycles. The molecule has 0 saturated heterocycles. The van der Waals surface area contributed by atoms with E-state index in [-0.39, 0.29) is 5.92 Å². The number of hydrogen-bond donors (Lipinski definition) is 0. The van der Waals surface area contributed by atoms with Crippen molar-refractivity contribution in [1.29, 1.82) is 0 Å². The molecular formula is C52H35NOS. The first-order valence-electron chi connectivity index (χ1n) is 18.9. The van der Waals surface area contributed by atoms with Gasteiger partial charge in [0.15, 0.2) is 5.58 Å². The van der Waals surface area contributed by atoms with E-state index in [1.165, 1.54) is 47.6 Å². The highest BCUT2D eigenvalue weighted by Gasteiger charge is 2.25. The van der Waals surface area contributed by atoms with Gasteiger partial charge in [-0.15, -0.1) is 11.3 Å². The molecule has 11 rings (SSSR count). The summed E-state index contributed by atoms with van der Waals surface area (Å²) in [5.74, 6) is 0.278. The van der Waals surface area contributed by atoms with E-state index in [1.807, 2.05) is 11.3 Å². The Bertz CT molecular complexity index is 3130. The number of furan rings is 1. The lowest BCUT2D eigenvalue weighted by atomic mass is 9.90. The van der Waals surface area contributed by atoms with Crippen LogP contribution < -0.4 is 4.90 Å². The fourth-order valence-corrected chi connectivity index (χ4v) is 9.87. The minimum absolute atomic E-state index is 0.278. The van der Waals surface area contributed by atoms with E-state index in [4.69, 9.17) is 4.42 Å². The molecule has 3 heteroatoms. The summed E-state index contributed by atoms with van der Waals surface area (Å²) >= 11 is 1.91. The van der Waals surface area contributed by atoms with Crippen molar-refractivity contribution in [1.82, 2.24) is 0 Å². The maximum atomic E-state index is 7.16. The third-order valence-electron chi connectivity index (χ3n) is 11.2. The van der Waals surface area contributed by atoms with E-state index in [0.29, 0.717) is 0 Å². The van der Waals surface area contributed by atoms with Crippen LogP contribution in [0.2, 0.25) is 0 Å². The van der Waals surface area contributed by atoms with Crippen LogP contribution in [0.3, 0.4) is 0 Å². The smallest absolute Gasteiger partial charge is 0.159 e. The number of hydrogen-bond acceptors (Lipinski definition) is 3. The van der Waals surface area contributed by atoms with Gasteiger partial charge in [0, 0.05) is 53.8 Å². The van der Waals surface area contributed by atoms with Gasteiger partial charge in [0.25, 0.3) is 0 Å². The summed E-state index contributed by atoms with van der Waals surface area (Å²) in [4.78, 5) is 2.40. The van der Waals surface area contributed by atoms with Crippen LogP contribution >= 0.6 is 11.3 Å². The molecule has 260 valence electrons. The van der Waals surface area contributed by atoms with E-state index in [1.54, 1.807) is 0 Å². The number of rotatable bonds is 6. The monoisotopic (exact) mass is 721 g/mol. The standard InChI is InChI=1S/C52H35NOS/c1-3-14-34(15-4-1)37-19-11-20-40(32-37)53(39-30-28-36(29-31-39)42-23-12-24-44-43-22-9-10-27-48(43)55-52(42)44)47-26-13-25-45-49-41-21-8-7-18-38(41)33-46(51(49)54-50(45)47)35-16-5-2-6-17-35/h1-28,30-33,36H,29H2. The zero-order chi connectivity index (χ0) is 36.3. The van der Waals surface area contributed by atoms with Gasteiger partial charge in [-0.3, -0.25) is 0 Å². The number of fused-ring (bicyclic) bond motifs is 8. The highest BCUT2D eigenvalue weighted by Crippen LogP contribution is 2.47. The Hall–Kier alpha value is -6.68. The Balaban J connectivity index is 1.10. The second-order valence-corrected chi connectivity index (χ2v) is 15.4. The zero-order valence-electron chi connectivity index (χ0n) is 30.0. The maximum absolute atomic E-state index is 7.16. The quantitative estimate of drug-likeness (QED) is 0.170. The molecule has 2 aromatic heterocycles. The number of benzene rings is 8. The van der Waals surface area contributed by atoms with Crippen molar-refractivity contribution in [3.05, 3.63) is 205 Å². The van der Waals surface area contributed by atoms with Crippen molar-refractivity contribution in [3.63, 3.8) is 0 Å². The first kappa shape index (κ1) is 31.8. The largest absolute Gasteiger partial charge is 0.453 e. The molecule has 0 N–H and O–H groups in total. The Morgan fingerprint density at radius 2 is 1.24 bits per heavy atom. The maximum Gasteiger partial charge on any atom is 0.159 e. The second kappa shape index (κ2) is 13.0. The lowest BCUT2D eigenvalue weighted by Gasteiger charge is -2.29. The van der Waals surface area contributed by atoms with Gasteiger partial charge in [0.05, 0.1) is 5.69 Å². The van der Waals surface area contributed by atoms with E-state index >= 15 is 0 Å². The van der Waals surface area contributed by atoms with Crippen LogP contribution in [0.5, 0.6) is 0 Å². The molecule has 1 aliphatic rings. The summed E-state index contributed by atoms with van der Waals surface area (Å²) in [7, 11) is 0. The minimum atomic E-state index is 0.278. The van der Waals surface area contributed by atoms with Crippen molar-refractivity contribution < 1.29 is 4.42 Å². The van der Waals surface area contributed by atoms with Gasteiger partial charge in [-0.2, -0.15) is 0 Å². The molecule has 0 fully saturated rings. The fraction of sp³-hybridized carbons (Fsp3) is 0.0385. The first-order chi connectivity index (χ1) is 27.3. The van der Waals surface area contributed by atoms with E-state index < -0.39 is 0 Å². The molecule has 0 saturated carbocycles. The summed E-state index contributed by atoms with van der Waals surface area (Å²) < 4.78 is 9.89. The van der Waals surface area contributed by atoms with E-state index in [2.05, 4.69) is 199 Å². The molecule has 1 aliphatic carbocycles. The van der Waals surface area contributed by atoms with Crippen LogP contribution in [-0.2, 0) is 0 Å². The third-order valence-corrected chi connectivity index (χ3v) is 12.4. The fourth-order valence-electron chi connectivity index (χ4n) is 8.59. The van der Waals surface area contributed by atoms with Gasteiger partial charge in [-0.1, -0.05) is 158 Å². The number of anilines is 2. The van der Waals surface area contributed by atoms with Gasteiger partial charge < -0.3 is 9.32 Å². The Morgan fingerprint density at radius 3 is 2.07 bits per heavy atom. The zero-order valence-corrected chi connectivity index (χ0v) is 30.8. The molecule has 0 bridgehead atoms. The molecule has 0 radical (unpaired) electrons. The molecule has 55 heavy (non-hydrogen) atoms. The number of nitrogens with zero attached hydrogens (tertiary/aromatic N) is 1. The highest BCUT2D eigenvalue weighted by molar-refractivity contribution is 7.26. The summed E-state index contributed by atoms with van der Waals surface area (Å²) in [6.45, 7) is 0. The lowest BCUT2D eigenvalue weighted by Crippen LogP contribution is -2.17. The van der Waals surface area contributed by atoms with Crippen molar-refractivity contribution in [2.75, 3.05) is 4.90 Å². The topological polar surface area (TPSA) is 16.4 Å². The average Bonchev–Trinajstić information content (AvgIpc) is 3.85. The molecule has 0 spiro atoms. The normalized spacial score (nSPS) is 14.3. The van der Waals surface area contributed by atoms with Gasteiger partial charge in [-0.25, -0.2) is 0 Å². The molecular weight excluding hydrogens is 687 g/mol. The van der Waals surface area contributed by atoms with Crippen LogP contribution in [0.25, 0.3) is 75.1 Å². The van der Waals surface area contributed by atoms with Gasteiger partial charge in [-0.05, 0) is 75.9 Å². The Morgan fingerprint density at radius 1 is 0.545 bits per heavy atom. The van der Waals surface area contributed by atoms with Gasteiger partial charge in [0.2, 0.25) is 0 Å². The summed E-state index contributed by atoms with van der Waals surface area (Å²) in [5, 5.41) is 7.34. The molecule has 2 heterocycles. The number of allylic oxidation sites excluding steroid dienone is 3. The van der Waals surface area contributed by atoms with E-state index in [9.17, 15) is 0 Å². The average molecular weight is 722 g/mol. The summed E-state index contributed by atoms with van der Waals surface area (Å²) in [6, 6.07) is 63.3. The van der Waals surface area contributed by atoms with Gasteiger partial charge in [0.1, 0.15) is 5.58 Å². The summed E-state index contributed by atoms with van der Waals surface area (Å²) in [5.41, 5.74) is 11.0. The predicted molar refractivity (Wildman–Crippen MR) is 235 cm³/mol. The minimum Gasteiger partial charge on any atom is -0.453 e. The lowest BCUT2D eigenvalue weighted by molar-refractivity contribution is 0.670. The molecule has 1 atom stereocenters. The number of para-hydroxylation sites is 1. The van der Waals surface area contributed by atoms with E-state index in [0.717, 1.165) is 56.6 Å². The third kappa shape index (κ3) is 5.31. The molecule has 1 unspecified atom stereocenters. The van der Waals surface area contributed by atoms with Crippen LogP contribution in [0.15, 0.2) is 204 Å². The van der Waals surface area contributed by atoms with Crippen LogP contribution in [0.4, 0.5) is 11.4 Å². The summed E-state index contributed by atoms with van der Waals surface area (Å²) in [6.07, 6.45) is 8.04. The van der Waals surface area contributed by atoms with Crippen molar-refractivity contribution in [3.8, 4) is 22.3 Å². The van der Waals surface area contributed by atoms with Crippen molar-refractivity contribution in [2.45, 2.75) is 12.3 Å². The molecule has 0 amide bonds. The highest BCUT2D eigenvalue weighted by atomic mass is 32.1. The van der Waals surface area contributed by atoms with Crippen LogP contribution in [-0.4, -0.2) is 0 Å². The second-order valence-electron chi connectivity index (χ2n) is 14.4. The van der Waals surface area contributed by atoms with Crippen molar-refractivity contribution >= 4 is 75.6 Å². The van der Waals surface area contributed by atoms with Crippen molar-refractivity contribution in [2.24, 2.45) is 0 Å².